The van der Waals surface area contributed by atoms with E-state index in [1.807, 2.05) is 11.8 Å². The molecule has 2 aromatic heterocycles. The van der Waals surface area contributed by atoms with Gasteiger partial charge in [-0.3, -0.25) is 4.79 Å². The van der Waals surface area contributed by atoms with Gasteiger partial charge >= 0.3 is 0 Å². The standard InChI is InChI=1S/C23H25ClF2N6O2/c1-14(15-6-2-3-7-16(15)22(25)26)31-18-9-10-30(13-17(18)28-29-31)19-12-27-32(23(33)21(19)24)20-8-4-5-11-34-20/h2-3,6-7,12,14,20,22H,4-5,8-11,13H2,1H3. The van der Waals surface area contributed by atoms with Gasteiger partial charge in [0.2, 0.25) is 0 Å². The number of hydrogen-bond donors (Lipinski definition) is 0. The molecule has 0 bridgehead atoms. The lowest BCUT2D eigenvalue weighted by molar-refractivity contribution is -0.0424. The molecular formula is C23H25ClF2N6O2. The van der Waals surface area contributed by atoms with Gasteiger partial charge in [-0.1, -0.05) is 41.1 Å². The van der Waals surface area contributed by atoms with Crippen LogP contribution in [0.1, 0.15) is 67.4 Å². The number of hydrogen-bond acceptors (Lipinski definition) is 6. The molecule has 1 aromatic carbocycles. The van der Waals surface area contributed by atoms with Gasteiger partial charge in [-0.05, 0) is 31.7 Å². The molecule has 1 saturated heterocycles. The van der Waals surface area contributed by atoms with Gasteiger partial charge in [0.25, 0.3) is 12.0 Å². The molecule has 2 aliphatic heterocycles. The maximum Gasteiger partial charge on any atom is 0.290 e. The number of aromatic nitrogens is 5. The monoisotopic (exact) mass is 490 g/mol. The number of ether oxygens (including phenoxy) is 1. The Morgan fingerprint density at radius 2 is 2.00 bits per heavy atom. The van der Waals surface area contributed by atoms with Crippen molar-refractivity contribution < 1.29 is 13.5 Å². The third-order valence-electron chi connectivity index (χ3n) is 6.57. The van der Waals surface area contributed by atoms with Gasteiger partial charge in [0, 0.05) is 25.1 Å². The van der Waals surface area contributed by atoms with Crippen molar-refractivity contribution in [3.05, 3.63) is 68.4 Å². The van der Waals surface area contributed by atoms with Crippen molar-refractivity contribution in [1.82, 2.24) is 24.8 Å². The quantitative estimate of drug-likeness (QED) is 0.530. The molecule has 0 spiro atoms. The molecule has 2 unspecified atom stereocenters. The van der Waals surface area contributed by atoms with Gasteiger partial charge in [-0.2, -0.15) is 9.78 Å². The third kappa shape index (κ3) is 4.09. The number of halogens is 3. The number of rotatable bonds is 5. The summed E-state index contributed by atoms with van der Waals surface area (Å²) < 4.78 is 35.7. The minimum absolute atomic E-state index is 0.00273. The summed E-state index contributed by atoms with van der Waals surface area (Å²) in [5.41, 5.74) is 2.29. The molecule has 0 radical (unpaired) electrons. The maximum absolute atomic E-state index is 13.5. The highest BCUT2D eigenvalue weighted by Gasteiger charge is 2.29. The van der Waals surface area contributed by atoms with Crippen molar-refractivity contribution in [2.24, 2.45) is 0 Å². The fraction of sp³-hybridized carbons (Fsp3) is 0.478. The number of fused-ring (bicyclic) bond motifs is 1. The number of nitrogens with zero attached hydrogens (tertiary/aromatic N) is 6. The van der Waals surface area contributed by atoms with Crippen LogP contribution in [0.2, 0.25) is 5.02 Å². The fourth-order valence-corrected chi connectivity index (χ4v) is 5.00. The normalized spacial score (nSPS) is 19.3. The topological polar surface area (TPSA) is 78.1 Å². The van der Waals surface area contributed by atoms with E-state index in [-0.39, 0.29) is 16.1 Å². The molecule has 8 nitrogen and oxygen atoms in total. The summed E-state index contributed by atoms with van der Waals surface area (Å²) in [6.45, 7) is 3.40. The van der Waals surface area contributed by atoms with Crippen molar-refractivity contribution >= 4 is 17.3 Å². The molecule has 0 aliphatic carbocycles. The largest absolute Gasteiger partial charge is 0.362 e. The first-order chi connectivity index (χ1) is 16.5. The van der Waals surface area contributed by atoms with E-state index in [4.69, 9.17) is 16.3 Å². The molecule has 0 N–H and O–H groups in total. The van der Waals surface area contributed by atoms with Gasteiger partial charge in [0.15, 0.2) is 6.23 Å². The van der Waals surface area contributed by atoms with Gasteiger partial charge in [0.1, 0.15) is 10.7 Å². The van der Waals surface area contributed by atoms with Crippen LogP contribution < -0.4 is 10.5 Å². The lowest BCUT2D eigenvalue weighted by atomic mass is 10.0. The molecule has 2 aliphatic rings. The Labute approximate surface area is 200 Å². The average molecular weight is 491 g/mol. The Hall–Kier alpha value is -2.85. The highest BCUT2D eigenvalue weighted by atomic mass is 35.5. The Morgan fingerprint density at radius 1 is 1.21 bits per heavy atom. The highest BCUT2D eigenvalue weighted by Crippen LogP contribution is 2.32. The summed E-state index contributed by atoms with van der Waals surface area (Å²) >= 11 is 6.48. The number of alkyl halides is 2. The van der Waals surface area contributed by atoms with Crippen LogP contribution in [0.4, 0.5) is 14.5 Å². The first-order valence-electron chi connectivity index (χ1n) is 11.4. The van der Waals surface area contributed by atoms with E-state index in [0.717, 1.165) is 30.7 Å². The molecule has 0 amide bonds. The van der Waals surface area contributed by atoms with Crippen LogP contribution in [0.5, 0.6) is 0 Å². The SMILES string of the molecule is CC(c1ccccc1C(F)F)n1nnc2c1CCN(c1cnn(C3CCCCO3)c(=O)c1Cl)C2. The highest BCUT2D eigenvalue weighted by molar-refractivity contribution is 6.33. The Morgan fingerprint density at radius 3 is 2.74 bits per heavy atom. The van der Waals surface area contributed by atoms with Crippen molar-refractivity contribution in [3.63, 3.8) is 0 Å². The lowest BCUT2D eigenvalue weighted by Crippen LogP contribution is -2.36. The molecule has 2 atom stereocenters. The van der Waals surface area contributed by atoms with Crippen molar-refractivity contribution in [2.75, 3.05) is 18.1 Å². The van der Waals surface area contributed by atoms with Gasteiger partial charge in [0.05, 0.1) is 30.2 Å². The second-order valence-corrected chi connectivity index (χ2v) is 9.00. The molecule has 180 valence electrons. The molecular weight excluding hydrogens is 466 g/mol. The molecule has 0 saturated carbocycles. The summed E-state index contributed by atoms with van der Waals surface area (Å²) in [5.74, 6) is 0. The van der Waals surface area contributed by atoms with E-state index in [2.05, 4.69) is 15.4 Å². The van der Waals surface area contributed by atoms with E-state index in [1.54, 1.807) is 29.1 Å². The summed E-state index contributed by atoms with van der Waals surface area (Å²) in [4.78, 5) is 14.8. The van der Waals surface area contributed by atoms with E-state index < -0.39 is 18.7 Å². The van der Waals surface area contributed by atoms with E-state index in [9.17, 15) is 13.6 Å². The first-order valence-corrected chi connectivity index (χ1v) is 11.8. The Kier molecular flexibility index (Phi) is 6.35. The van der Waals surface area contributed by atoms with Crippen LogP contribution in [-0.2, 0) is 17.7 Å². The molecule has 4 heterocycles. The Balaban J connectivity index is 1.39. The maximum atomic E-state index is 13.5. The first kappa shape index (κ1) is 22.9. The molecule has 1 fully saturated rings. The second kappa shape index (κ2) is 9.42. The Bertz CT molecular complexity index is 1240. The summed E-state index contributed by atoms with van der Waals surface area (Å²) in [6.07, 6.45) is 1.89. The minimum atomic E-state index is -2.57. The molecule has 3 aromatic rings. The minimum Gasteiger partial charge on any atom is -0.362 e. The lowest BCUT2D eigenvalue weighted by Gasteiger charge is -2.30. The number of benzene rings is 1. The fourth-order valence-electron chi connectivity index (χ4n) is 4.75. The van der Waals surface area contributed by atoms with E-state index in [1.165, 1.54) is 10.7 Å². The predicted molar refractivity (Wildman–Crippen MR) is 122 cm³/mol. The number of anilines is 1. The van der Waals surface area contributed by atoms with Crippen LogP contribution in [0, 0.1) is 0 Å². The van der Waals surface area contributed by atoms with Gasteiger partial charge in [-0.15, -0.1) is 5.10 Å². The second-order valence-electron chi connectivity index (χ2n) is 8.62. The molecule has 5 rings (SSSR count). The van der Waals surface area contributed by atoms with E-state index in [0.29, 0.717) is 37.4 Å². The summed E-state index contributed by atoms with van der Waals surface area (Å²) in [5, 5.41) is 13.0. The van der Waals surface area contributed by atoms with Crippen LogP contribution in [-0.4, -0.2) is 37.9 Å². The van der Waals surface area contributed by atoms with Crippen molar-refractivity contribution in [1.29, 1.82) is 0 Å². The van der Waals surface area contributed by atoms with Crippen LogP contribution in [0.3, 0.4) is 0 Å². The van der Waals surface area contributed by atoms with Crippen molar-refractivity contribution in [2.45, 2.75) is 57.8 Å². The summed E-state index contributed by atoms with van der Waals surface area (Å²) in [6, 6.07) is 6.11. The van der Waals surface area contributed by atoms with Gasteiger partial charge in [-0.25, -0.2) is 13.5 Å². The van der Waals surface area contributed by atoms with Crippen LogP contribution in [0.25, 0.3) is 0 Å². The zero-order chi connectivity index (χ0) is 23.8. The molecule has 11 heteroatoms. The van der Waals surface area contributed by atoms with Crippen molar-refractivity contribution in [3.8, 4) is 0 Å². The van der Waals surface area contributed by atoms with Crippen LogP contribution in [0.15, 0.2) is 35.3 Å². The summed E-state index contributed by atoms with van der Waals surface area (Å²) in [7, 11) is 0. The average Bonchev–Trinajstić information content (AvgIpc) is 3.29. The molecule has 34 heavy (non-hydrogen) atoms. The predicted octanol–water partition coefficient (Wildman–Crippen LogP) is 4.30. The van der Waals surface area contributed by atoms with Gasteiger partial charge < -0.3 is 9.64 Å². The zero-order valence-electron chi connectivity index (χ0n) is 18.7. The third-order valence-corrected chi connectivity index (χ3v) is 6.93. The zero-order valence-corrected chi connectivity index (χ0v) is 19.5. The van der Waals surface area contributed by atoms with E-state index >= 15 is 0 Å². The van der Waals surface area contributed by atoms with Crippen LogP contribution >= 0.6 is 11.6 Å². The smallest absolute Gasteiger partial charge is 0.290 e.